The third-order valence-corrected chi connectivity index (χ3v) is 2.02. The number of hydrogen-bond acceptors (Lipinski definition) is 4. The Labute approximate surface area is 92.7 Å². The average Bonchev–Trinajstić information content (AvgIpc) is 2.25. The monoisotopic (exact) mass is 223 g/mol. The van der Waals surface area contributed by atoms with E-state index in [0.717, 1.165) is 0 Å². The van der Waals surface area contributed by atoms with Gasteiger partial charge in [-0.2, -0.15) is 0 Å². The van der Waals surface area contributed by atoms with Gasteiger partial charge in [0.2, 0.25) is 0 Å². The van der Waals surface area contributed by atoms with Crippen molar-refractivity contribution >= 4 is 17.7 Å². The lowest BCUT2D eigenvalue weighted by Gasteiger charge is -2.19. The molecule has 16 heavy (non-hydrogen) atoms. The Morgan fingerprint density at radius 1 is 1.50 bits per heavy atom. The topological polar surface area (TPSA) is 96.5 Å². The van der Waals surface area contributed by atoms with E-state index in [9.17, 15) is 9.59 Å². The molecule has 0 atom stereocenters. The van der Waals surface area contributed by atoms with Crippen molar-refractivity contribution in [3.05, 3.63) is 23.9 Å². The first-order valence-corrected chi connectivity index (χ1v) is 4.78. The Balaban J connectivity index is 2.96. The number of carboxylic acids is 1. The Morgan fingerprint density at radius 3 is 2.69 bits per heavy atom. The normalized spacial score (nSPS) is 9.81. The second kappa shape index (κ2) is 5.11. The SMILES string of the molecule is CCN(CC(=O)O)c1cccc(C(N)=O)n1. The lowest BCUT2D eigenvalue weighted by molar-refractivity contribution is -0.135. The number of carbonyl (C=O) groups excluding carboxylic acids is 1. The van der Waals surface area contributed by atoms with E-state index in [0.29, 0.717) is 12.4 Å². The van der Waals surface area contributed by atoms with Gasteiger partial charge in [-0.15, -0.1) is 0 Å². The molecule has 6 nitrogen and oxygen atoms in total. The number of primary amides is 1. The first-order chi connectivity index (χ1) is 7.54. The van der Waals surface area contributed by atoms with Gasteiger partial charge in [0.05, 0.1) is 0 Å². The zero-order chi connectivity index (χ0) is 12.1. The van der Waals surface area contributed by atoms with Crippen LogP contribution in [0.4, 0.5) is 5.82 Å². The summed E-state index contributed by atoms with van der Waals surface area (Å²) in [5, 5.41) is 8.69. The van der Waals surface area contributed by atoms with Crippen LogP contribution in [0, 0.1) is 0 Å². The number of likely N-dealkylation sites (N-methyl/N-ethyl adjacent to an activating group) is 1. The molecule has 0 aliphatic heterocycles. The number of nitrogens with zero attached hydrogens (tertiary/aromatic N) is 2. The van der Waals surface area contributed by atoms with Crippen LogP contribution in [0.1, 0.15) is 17.4 Å². The molecule has 86 valence electrons. The van der Waals surface area contributed by atoms with Crippen molar-refractivity contribution in [1.82, 2.24) is 4.98 Å². The molecule has 1 heterocycles. The van der Waals surface area contributed by atoms with Crippen molar-refractivity contribution in [3.63, 3.8) is 0 Å². The van der Waals surface area contributed by atoms with Crippen LogP contribution < -0.4 is 10.6 Å². The van der Waals surface area contributed by atoms with Gasteiger partial charge in [-0.1, -0.05) is 6.07 Å². The predicted molar refractivity (Wildman–Crippen MR) is 58.3 cm³/mol. The first kappa shape index (κ1) is 12.0. The van der Waals surface area contributed by atoms with Crippen molar-refractivity contribution in [2.24, 2.45) is 5.73 Å². The van der Waals surface area contributed by atoms with Crippen LogP contribution >= 0.6 is 0 Å². The van der Waals surface area contributed by atoms with Gasteiger partial charge in [0.1, 0.15) is 18.1 Å². The number of aromatic nitrogens is 1. The van der Waals surface area contributed by atoms with Crippen LogP contribution in [0.15, 0.2) is 18.2 Å². The minimum Gasteiger partial charge on any atom is -0.480 e. The van der Waals surface area contributed by atoms with E-state index in [1.54, 1.807) is 12.1 Å². The maximum Gasteiger partial charge on any atom is 0.323 e. The molecule has 6 heteroatoms. The largest absolute Gasteiger partial charge is 0.480 e. The number of pyridine rings is 1. The highest BCUT2D eigenvalue weighted by Gasteiger charge is 2.11. The number of hydrogen-bond donors (Lipinski definition) is 2. The number of carbonyl (C=O) groups is 2. The van der Waals surface area contributed by atoms with Gasteiger partial charge in [-0.05, 0) is 19.1 Å². The molecule has 1 aromatic heterocycles. The zero-order valence-corrected chi connectivity index (χ0v) is 8.88. The fraction of sp³-hybridized carbons (Fsp3) is 0.300. The van der Waals surface area contributed by atoms with Gasteiger partial charge in [-0.25, -0.2) is 4.98 Å². The van der Waals surface area contributed by atoms with Crippen LogP contribution in [0.3, 0.4) is 0 Å². The molecule has 0 aromatic carbocycles. The fourth-order valence-corrected chi connectivity index (χ4v) is 1.25. The minimum atomic E-state index is -0.951. The molecule has 3 N–H and O–H groups in total. The predicted octanol–water partition coefficient (Wildman–Crippen LogP) is 0.0914. The van der Waals surface area contributed by atoms with E-state index < -0.39 is 11.9 Å². The van der Waals surface area contributed by atoms with Crippen molar-refractivity contribution in [2.75, 3.05) is 18.0 Å². The molecule has 0 fully saturated rings. The third kappa shape index (κ3) is 2.94. The quantitative estimate of drug-likeness (QED) is 0.737. The molecule has 0 aliphatic rings. The van der Waals surface area contributed by atoms with Gasteiger partial charge in [0, 0.05) is 6.54 Å². The number of rotatable bonds is 5. The summed E-state index contributed by atoms with van der Waals surface area (Å²) in [6.07, 6.45) is 0. The highest BCUT2D eigenvalue weighted by atomic mass is 16.4. The molecule has 0 saturated heterocycles. The van der Waals surface area contributed by atoms with Gasteiger partial charge in [0.15, 0.2) is 0 Å². The maximum atomic E-state index is 10.9. The molecular weight excluding hydrogens is 210 g/mol. The Morgan fingerprint density at radius 2 is 2.19 bits per heavy atom. The van der Waals surface area contributed by atoms with Crippen molar-refractivity contribution in [2.45, 2.75) is 6.92 Å². The van der Waals surface area contributed by atoms with Crippen molar-refractivity contribution in [3.8, 4) is 0 Å². The summed E-state index contributed by atoms with van der Waals surface area (Å²) in [7, 11) is 0. The fourth-order valence-electron chi connectivity index (χ4n) is 1.25. The van der Waals surface area contributed by atoms with Crippen LogP contribution in [0.5, 0.6) is 0 Å². The minimum absolute atomic E-state index is 0.126. The smallest absolute Gasteiger partial charge is 0.323 e. The molecule has 0 spiro atoms. The number of carboxylic acid groups (broad SMARTS) is 1. The summed E-state index contributed by atoms with van der Waals surface area (Å²) in [5.41, 5.74) is 5.22. The van der Waals surface area contributed by atoms with E-state index in [1.807, 2.05) is 6.92 Å². The van der Waals surface area contributed by atoms with Crippen LogP contribution in [-0.2, 0) is 4.79 Å². The van der Waals surface area contributed by atoms with Crippen LogP contribution in [-0.4, -0.2) is 35.1 Å². The van der Waals surface area contributed by atoms with E-state index in [2.05, 4.69) is 4.98 Å². The standard InChI is InChI=1S/C10H13N3O3/c1-2-13(6-9(14)15)8-5-3-4-7(12-8)10(11)16/h3-5H,2,6H2,1H3,(H2,11,16)(H,14,15). The van der Waals surface area contributed by atoms with E-state index in [-0.39, 0.29) is 12.2 Å². The zero-order valence-electron chi connectivity index (χ0n) is 8.88. The summed E-state index contributed by atoms with van der Waals surface area (Å²) in [6.45, 7) is 2.13. The van der Waals surface area contributed by atoms with Gasteiger partial charge >= 0.3 is 5.97 Å². The summed E-state index contributed by atoms with van der Waals surface area (Å²) in [4.78, 5) is 27.0. The van der Waals surface area contributed by atoms with Crippen molar-refractivity contribution < 1.29 is 14.7 Å². The van der Waals surface area contributed by atoms with E-state index in [4.69, 9.17) is 10.8 Å². The highest BCUT2D eigenvalue weighted by molar-refractivity contribution is 5.91. The van der Waals surface area contributed by atoms with Gasteiger partial charge in [0.25, 0.3) is 5.91 Å². The lowest BCUT2D eigenvalue weighted by atomic mass is 10.3. The van der Waals surface area contributed by atoms with Gasteiger partial charge < -0.3 is 15.7 Å². The van der Waals surface area contributed by atoms with Crippen LogP contribution in [0.2, 0.25) is 0 Å². The number of aliphatic carboxylic acids is 1. The summed E-state index contributed by atoms with van der Waals surface area (Å²) < 4.78 is 0. The lowest BCUT2D eigenvalue weighted by Crippen LogP contribution is -2.30. The molecule has 1 rings (SSSR count). The molecule has 0 radical (unpaired) electrons. The average molecular weight is 223 g/mol. The molecule has 0 saturated carbocycles. The summed E-state index contributed by atoms with van der Waals surface area (Å²) in [6, 6.07) is 4.74. The molecule has 0 unspecified atom stereocenters. The van der Waals surface area contributed by atoms with E-state index >= 15 is 0 Å². The summed E-state index contributed by atoms with van der Waals surface area (Å²) >= 11 is 0. The highest BCUT2D eigenvalue weighted by Crippen LogP contribution is 2.10. The summed E-state index contributed by atoms with van der Waals surface area (Å²) in [5.74, 6) is -1.15. The molecule has 1 amide bonds. The molecule has 1 aromatic rings. The number of amides is 1. The first-order valence-electron chi connectivity index (χ1n) is 4.78. The molecule has 0 aliphatic carbocycles. The second-order valence-electron chi connectivity index (χ2n) is 3.15. The van der Waals surface area contributed by atoms with Gasteiger partial charge in [-0.3, -0.25) is 9.59 Å². The maximum absolute atomic E-state index is 10.9. The second-order valence-corrected chi connectivity index (χ2v) is 3.15. The number of nitrogens with two attached hydrogens (primary N) is 1. The Bertz CT molecular complexity index is 406. The Hall–Kier alpha value is -2.11. The van der Waals surface area contributed by atoms with Crippen LogP contribution in [0.25, 0.3) is 0 Å². The van der Waals surface area contributed by atoms with E-state index in [1.165, 1.54) is 11.0 Å². The third-order valence-electron chi connectivity index (χ3n) is 2.02. The molecule has 0 bridgehead atoms. The number of anilines is 1. The molecular formula is C10H13N3O3. The van der Waals surface area contributed by atoms with Crippen molar-refractivity contribution in [1.29, 1.82) is 0 Å². The Kier molecular flexibility index (Phi) is 3.82.